The molecule has 1 saturated heterocycles. The maximum absolute atomic E-state index is 14.0. The Morgan fingerprint density at radius 2 is 2.41 bits per heavy atom. The lowest BCUT2D eigenvalue weighted by Gasteiger charge is -2.15. The maximum atomic E-state index is 14.0. The van der Waals surface area contributed by atoms with Crippen molar-refractivity contribution in [3.63, 3.8) is 0 Å². The van der Waals surface area contributed by atoms with Gasteiger partial charge in [-0.05, 0) is 31.9 Å². The van der Waals surface area contributed by atoms with Crippen LogP contribution in [-0.2, 0) is 6.42 Å². The summed E-state index contributed by atoms with van der Waals surface area (Å²) in [5.41, 5.74) is 0.503. The van der Waals surface area contributed by atoms with Crippen LogP contribution in [-0.4, -0.2) is 24.8 Å². The molecule has 1 fully saturated rings. The molecule has 0 spiro atoms. The molecule has 1 aliphatic heterocycles. The van der Waals surface area contributed by atoms with E-state index in [1.165, 1.54) is 7.11 Å². The summed E-state index contributed by atoms with van der Waals surface area (Å²) in [5, 5.41) is 12.9. The topological polar surface area (TPSA) is 41.5 Å². The van der Waals surface area contributed by atoms with Crippen LogP contribution >= 0.6 is 15.9 Å². The monoisotopic (exact) mass is 303 g/mol. The first-order valence-electron chi connectivity index (χ1n) is 5.60. The Morgan fingerprint density at radius 1 is 1.65 bits per heavy atom. The quantitative estimate of drug-likeness (QED) is 0.902. The van der Waals surface area contributed by atoms with Gasteiger partial charge in [-0.25, -0.2) is 4.39 Å². The minimum atomic E-state index is -0.593. The second kappa shape index (κ2) is 5.23. The molecule has 1 unspecified atom stereocenters. The van der Waals surface area contributed by atoms with Gasteiger partial charge in [-0.15, -0.1) is 0 Å². The van der Waals surface area contributed by atoms with Crippen molar-refractivity contribution in [1.82, 2.24) is 5.32 Å². The van der Waals surface area contributed by atoms with Crippen molar-refractivity contribution < 1.29 is 14.2 Å². The van der Waals surface area contributed by atoms with Crippen molar-refractivity contribution in [1.29, 1.82) is 0 Å². The van der Waals surface area contributed by atoms with Gasteiger partial charge in [0, 0.05) is 16.1 Å². The van der Waals surface area contributed by atoms with Crippen LogP contribution in [0.2, 0.25) is 0 Å². The average molecular weight is 304 g/mol. The Morgan fingerprint density at radius 3 is 3.00 bits per heavy atom. The second-order valence-electron chi connectivity index (χ2n) is 4.20. The molecule has 5 heteroatoms. The van der Waals surface area contributed by atoms with Crippen molar-refractivity contribution in [3.05, 3.63) is 21.9 Å². The zero-order chi connectivity index (χ0) is 12.4. The van der Waals surface area contributed by atoms with Gasteiger partial charge in [-0.2, -0.15) is 0 Å². The average Bonchev–Trinajstić information content (AvgIpc) is 2.82. The number of phenols is 1. The Labute approximate surface area is 108 Å². The van der Waals surface area contributed by atoms with Crippen LogP contribution in [0, 0.1) is 5.82 Å². The van der Waals surface area contributed by atoms with Gasteiger partial charge in [0.25, 0.3) is 0 Å². The van der Waals surface area contributed by atoms with E-state index >= 15 is 0 Å². The Kier molecular flexibility index (Phi) is 3.89. The summed E-state index contributed by atoms with van der Waals surface area (Å²) in [5.74, 6) is -0.855. The molecular formula is C12H15BrFNO2. The lowest BCUT2D eigenvalue weighted by Crippen LogP contribution is -2.24. The second-order valence-corrected chi connectivity index (χ2v) is 5.05. The van der Waals surface area contributed by atoms with Gasteiger partial charge in [-0.1, -0.05) is 15.9 Å². The van der Waals surface area contributed by atoms with E-state index in [0.717, 1.165) is 19.4 Å². The summed E-state index contributed by atoms with van der Waals surface area (Å²) in [6.45, 7) is 0.978. The molecule has 0 aromatic heterocycles. The molecule has 1 heterocycles. The Bertz CT molecular complexity index is 419. The van der Waals surface area contributed by atoms with Gasteiger partial charge < -0.3 is 15.2 Å². The number of hydrogen-bond acceptors (Lipinski definition) is 3. The van der Waals surface area contributed by atoms with Gasteiger partial charge in [0.2, 0.25) is 0 Å². The molecule has 1 aliphatic rings. The Hall–Kier alpha value is -0.810. The number of halogens is 2. The highest BCUT2D eigenvalue weighted by Gasteiger charge is 2.22. The van der Waals surface area contributed by atoms with Crippen LogP contribution in [0.1, 0.15) is 18.4 Å². The largest absolute Gasteiger partial charge is 0.502 e. The van der Waals surface area contributed by atoms with Crippen LogP contribution in [0.5, 0.6) is 11.5 Å². The number of rotatable bonds is 3. The number of benzene rings is 1. The highest BCUT2D eigenvalue weighted by atomic mass is 79.9. The molecule has 1 aromatic rings. The number of phenolic OH excluding ortho intramolecular Hbond substituents is 1. The van der Waals surface area contributed by atoms with Crippen molar-refractivity contribution in [2.24, 2.45) is 0 Å². The van der Waals surface area contributed by atoms with Crippen molar-refractivity contribution in [3.8, 4) is 11.5 Å². The molecule has 94 valence electrons. The van der Waals surface area contributed by atoms with E-state index in [2.05, 4.69) is 21.2 Å². The maximum Gasteiger partial charge on any atom is 0.194 e. The normalized spacial score (nSPS) is 19.6. The molecule has 0 aliphatic carbocycles. The van der Waals surface area contributed by atoms with Crippen LogP contribution in [0.25, 0.3) is 0 Å². The summed E-state index contributed by atoms with van der Waals surface area (Å²) in [7, 11) is 1.40. The van der Waals surface area contributed by atoms with Gasteiger partial charge >= 0.3 is 0 Å². The predicted molar refractivity (Wildman–Crippen MR) is 67.0 cm³/mol. The molecule has 1 atom stereocenters. The molecule has 2 N–H and O–H groups in total. The van der Waals surface area contributed by atoms with E-state index in [4.69, 9.17) is 4.74 Å². The number of methoxy groups -OCH3 is 1. The van der Waals surface area contributed by atoms with E-state index < -0.39 is 11.6 Å². The predicted octanol–water partition coefficient (Wildman–Crippen LogP) is 2.60. The molecular weight excluding hydrogens is 289 g/mol. The van der Waals surface area contributed by atoms with Crippen molar-refractivity contribution in [2.75, 3.05) is 13.7 Å². The fraction of sp³-hybridized carbons (Fsp3) is 0.500. The number of aromatic hydroxyl groups is 1. The first-order chi connectivity index (χ1) is 8.13. The van der Waals surface area contributed by atoms with Crippen LogP contribution in [0.4, 0.5) is 4.39 Å². The fourth-order valence-corrected chi connectivity index (χ4v) is 2.69. The zero-order valence-corrected chi connectivity index (χ0v) is 11.2. The highest BCUT2D eigenvalue weighted by molar-refractivity contribution is 9.10. The zero-order valence-electron chi connectivity index (χ0n) is 9.59. The minimum Gasteiger partial charge on any atom is -0.502 e. The SMILES string of the molecule is COc1cc(Br)c(CC2CCCN2)c(F)c1O. The molecule has 2 rings (SSSR count). The van der Waals surface area contributed by atoms with E-state index in [0.29, 0.717) is 16.5 Å². The van der Waals surface area contributed by atoms with Crippen LogP contribution in [0.3, 0.4) is 0 Å². The number of nitrogens with one attached hydrogen (secondary N) is 1. The van der Waals surface area contributed by atoms with Crippen LogP contribution < -0.4 is 10.1 Å². The van der Waals surface area contributed by atoms with Crippen molar-refractivity contribution >= 4 is 15.9 Å². The molecule has 17 heavy (non-hydrogen) atoms. The van der Waals surface area contributed by atoms with E-state index in [-0.39, 0.29) is 11.8 Å². The van der Waals surface area contributed by atoms with Crippen LogP contribution in [0.15, 0.2) is 10.5 Å². The lowest BCUT2D eigenvalue weighted by molar-refractivity contribution is 0.354. The third kappa shape index (κ3) is 2.55. The highest BCUT2D eigenvalue weighted by Crippen LogP contribution is 2.37. The summed E-state index contributed by atoms with van der Waals surface area (Å²) >= 11 is 3.32. The fourth-order valence-electron chi connectivity index (χ4n) is 2.15. The molecule has 0 bridgehead atoms. The van der Waals surface area contributed by atoms with Gasteiger partial charge in [-0.3, -0.25) is 0 Å². The first-order valence-corrected chi connectivity index (χ1v) is 6.40. The van der Waals surface area contributed by atoms with Crippen molar-refractivity contribution in [2.45, 2.75) is 25.3 Å². The van der Waals surface area contributed by atoms with Gasteiger partial charge in [0.1, 0.15) is 0 Å². The standard InChI is InChI=1S/C12H15BrFNO2/c1-17-10-6-9(13)8(11(14)12(10)16)5-7-3-2-4-15-7/h6-7,15-16H,2-5H2,1H3. The first kappa shape index (κ1) is 12.6. The van der Waals surface area contributed by atoms with Gasteiger partial charge in [0.15, 0.2) is 17.3 Å². The third-order valence-electron chi connectivity index (χ3n) is 3.09. The lowest BCUT2D eigenvalue weighted by atomic mass is 10.0. The molecule has 0 saturated carbocycles. The molecule has 1 aromatic carbocycles. The van der Waals surface area contributed by atoms with E-state index in [1.54, 1.807) is 6.07 Å². The Balaban J connectivity index is 2.29. The third-order valence-corrected chi connectivity index (χ3v) is 3.79. The summed E-state index contributed by atoms with van der Waals surface area (Å²) in [6.07, 6.45) is 2.73. The summed E-state index contributed by atoms with van der Waals surface area (Å²) in [6, 6.07) is 1.89. The molecule has 3 nitrogen and oxygen atoms in total. The van der Waals surface area contributed by atoms with E-state index in [9.17, 15) is 9.50 Å². The smallest absolute Gasteiger partial charge is 0.194 e. The summed E-state index contributed by atoms with van der Waals surface area (Å²) in [4.78, 5) is 0. The number of hydrogen-bond donors (Lipinski definition) is 2. The van der Waals surface area contributed by atoms with Gasteiger partial charge in [0.05, 0.1) is 7.11 Å². The minimum absolute atomic E-state index is 0.150. The molecule has 0 amide bonds. The number of ether oxygens (including phenoxy) is 1. The van der Waals surface area contributed by atoms with E-state index in [1.807, 2.05) is 0 Å². The summed E-state index contributed by atoms with van der Waals surface area (Å²) < 4.78 is 19.5. The molecule has 0 radical (unpaired) electrons.